The first-order valence-electron chi connectivity index (χ1n) is 6.71. The van der Waals surface area contributed by atoms with Crippen molar-refractivity contribution in [3.8, 4) is 0 Å². The quantitative estimate of drug-likeness (QED) is 0.781. The van der Waals surface area contributed by atoms with Gasteiger partial charge >= 0.3 is 0 Å². The summed E-state index contributed by atoms with van der Waals surface area (Å²) in [5.74, 6) is -0.994. The van der Waals surface area contributed by atoms with E-state index < -0.39 is 17.3 Å². The molecule has 1 aliphatic rings. The molecular weight excluding hydrogens is 248 g/mol. The number of halogens is 2. The van der Waals surface area contributed by atoms with Gasteiger partial charge in [-0.2, -0.15) is 0 Å². The molecule has 1 aromatic rings. The number of benzene rings is 1. The molecule has 0 radical (unpaired) electrons. The maximum absolute atomic E-state index is 14.6. The molecular formula is C15H19F2NO. The van der Waals surface area contributed by atoms with Gasteiger partial charge in [0.05, 0.1) is 0 Å². The van der Waals surface area contributed by atoms with Crippen LogP contribution in [-0.2, 0) is 0 Å². The number of ketones is 1. The van der Waals surface area contributed by atoms with Crippen molar-refractivity contribution in [3.63, 3.8) is 0 Å². The maximum Gasteiger partial charge on any atom is 0.201 e. The molecule has 1 aliphatic heterocycles. The second-order valence-electron chi connectivity index (χ2n) is 5.37. The topological polar surface area (TPSA) is 20.3 Å². The van der Waals surface area contributed by atoms with Gasteiger partial charge in [0.2, 0.25) is 5.78 Å². The highest BCUT2D eigenvalue weighted by atomic mass is 19.1. The van der Waals surface area contributed by atoms with Crippen molar-refractivity contribution in [2.45, 2.75) is 31.9 Å². The first kappa shape index (κ1) is 14.1. The van der Waals surface area contributed by atoms with Crippen LogP contribution in [0.25, 0.3) is 0 Å². The molecule has 0 saturated carbocycles. The molecule has 1 unspecified atom stereocenters. The molecule has 19 heavy (non-hydrogen) atoms. The fourth-order valence-electron chi connectivity index (χ4n) is 2.51. The van der Waals surface area contributed by atoms with Gasteiger partial charge in [0.1, 0.15) is 5.82 Å². The lowest BCUT2D eigenvalue weighted by Crippen LogP contribution is -2.45. The molecule has 1 aromatic carbocycles. The first-order valence-corrected chi connectivity index (χ1v) is 6.71. The van der Waals surface area contributed by atoms with Gasteiger partial charge in [-0.05, 0) is 57.1 Å². The van der Waals surface area contributed by atoms with Crippen LogP contribution in [0.3, 0.4) is 0 Å². The lowest BCUT2D eigenvalue weighted by atomic mass is 9.95. The summed E-state index contributed by atoms with van der Waals surface area (Å²) < 4.78 is 27.4. The van der Waals surface area contributed by atoms with Gasteiger partial charge in [-0.15, -0.1) is 0 Å². The zero-order valence-electron chi connectivity index (χ0n) is 11.2. The average molecular weight is 267 g/mol. The highest BCUT2D eigenvalue weighted by molar-refractivity contribution is 6.02. The fraction of sp³-hybridized carbons (Fsp3) is 0.533. The second kappa shape index (κ2) is 5.78. The number of alkyl halides is 1. The van der Waals surface area contributed by atoms with E-state index in [1.54, 1.807) is 0 Å². The van der Waals surface area contributed by atoms with E-state index in [0.29, 0.717) is 0 Å². The first-order chi connectivity index (χ1) is 8.99. The van der Waals surface area contributed by atoms with Crippen LogP contribution < -0.4 is 0 Å². The van der Waals surface area contributed by atoms with Crippen molar-refractivity contribution in [2.24, 2.45) is 0 Å². The van der Waals surface area contributed by atoms with Crippen molar-refractivity contribution < 1.29 is 13.6 Å². The van der Waals surface area contributed by atoms with Crippen LogP contribution in [0.1, 0.15) is 36.5 Å². The number of piperidine rings is 1. The summed E-state index contributed by atoms with van der Waals surface area (Å²) in [4.78, 5) is 14.1. The smallest absolute Gasteiger partial charge is 0.201 e. The Kier molecular flexibility index (Phi) is 4.30. The SMILES string of the molecule is CC(F)(CN1CCCCC1)C(=O)c1ccc(F)cc1. The number of Topliss-reactive ketones (excluding diaryl/α,β-unsaturated/α-hetero) is 1. The largest absolute Gasteiger partial charge is 0.300 e. The molecule has 0 spiro atoms. The lowest BCUT2D eigenvalue weighted by molar-refractivity contribution is 0.0576. The molecule has 1 fully saturated rings. The Morgan fingerprint density at radius 1 is 1.21 bits per heavy atom. The zero-order valence-corrected chi connectivity index (χ0v) is 11.2. The standard InChI is InChI=1S/C15H19F2NO/c1-15(17,11-18-9-3-2-4-10-18)14(19)12-5-7-13(16)8-6-12/h5-8H,2-4,9-11H2,1H3. The van der Waals surface area contributed by atoms with E-state index in [-0.39, 0.29) is 12.1 Å². The number of nitrogens with zero attached hydrogens (tertiary/aromatic N) is 1. The summed E-state index contributed by atoms with van der Waals surface area (Å²) in [5, 5.41) is 0. The van der Waals surface area contributed by atoms with Crippen LogP contribution >= 0.6 is 0 Å². The summed E-state index contributed by atoms with van der Waals surface area (Å²) in [5.41, 5.74) is -1.70. The molecule has 4 heteroatoms. The van der Waals surface area contributed by atoms with Gasteiger partial charge in [-0.1, -0.05) is 6.42 Å². The Morgan fingerprint density at radius 3 is 2.37 bits per heavy atom. The zero-order chi connectivity index (χ0) is 13.9. The highest BCUT2D eigenvalue weighted by Crippen LogP contribution is 2.21. The molecule has 104 valence electrons. The molecule has 0 bridgehead atoms. The van der Waals surface area contributed by atoms with Gasteiger partial charge in [0.15, 0.2) is 5.67 Å². The van der Waals surface area contributed by atoms with Crippen molar-refractivity contribution >= 4 is 5.78 Å². The predicted octanol–water partition coefficient (Wildman–Crippen LogP) is 3.22. The Balaban J connectivity index is 2.05. The van der Waals surface area contributed by atoms with E-state index in [4.69, 9.17) is 0 Å². The Bertz CT molecular complexity index is 436. The van der Waals surface area contributed by atoms with Crippen molar-refractivity contribution in [2.75, 3.05) is 19.6 Å². The number of rotatable bonds is 4. The Hall–Kier alpha value is -1.29. The second-order valence-corrected chi connectivity index (χ2v) is 5.37. The lowest BCUT2D eigenvalue weighted by Gasteiger charge is -2.31. The minimum atomic E-state index is -1.92. The average Bonchev–Trinajstić information content (AvgIpc) is 2.39. The molecule has 0 amide bonds. The highest BCUT2D eigenvalue weighted by Gasteiger charge is 2.35. The molecule has 1 saturated heterocycles. The van der Waals surface area contributed by atoms with Crippen LogP contribution in [0.5, 0.6) is 0 Å². The molecule has 0 N–H and O–H groups in total. The van der Waals surface area contributed by atoms with Gasteiger partial charge in [0.25, 0.3) is 0 Å². The minimum absolute atomic E-state index is 0.114. The van der Waals surface area contributed by atoms with Crippen LogP contribution in [0.15, 0.2) is 24.3 Å². The summed E-state index contributed by atoms with van der Waals surface area (Å²) in [6, 6.07) is 5.05. The van der Waals surface area contributed by atoms with E-state index >= 15 is 0 Å². The van der Waals surface area contributed by atoms with E-state index in [2.05, 4.69) is 0 Å². The number of hydrogen-bond acceptors (Lipinski definition) is 2. The van der Waals surface area contributed by atoms with Crippen molar-refractivity contribution in [1.29, 1.82) is 0 Å². The normalized spacial score (nSPS) is 19.9. The predicted molar refractivity (Wildman–Crippen MR) is 70.5 cm³/mol. The van der Waals surface area contributed by atoms with E-state index in [1.165, 1.54) is 37.6 Å². The van der Waals surface area contributed by atoms with Crippen molar-refractivity contribution in [1.82, 2.24) is 4.90 Å². The number of carbonyl (C=O) groups excluding carboxylic acids is 1. The molecule has 1 heterocycles. The van der Waals surface area contributed by atoms with Crippen LogP contribution in [-0.4, -0.2) is 36.0 Å². The minimum Gasteiger partial charge on any atom is -0.300 e. The molecule has 2 rings (SSSR count). The summed E-state index contributed by atoms with van der Waals surface area (Å²) in [6.45, 7) is 3.11. The number of hydrogen-bond donors (Lipinski definition) is 0. The third kappa shape index (κ3) is 3.60. The van der Waals surface area contributed by atoms with E-state index in [1.807, 2.05) is 4.90 Å². The maximum atomic E-state index is 14.6. The van der Waals surface area contributed by atoms with Crippen LogP contribution in [0.4, 0.5) is 8.78 Å². The van der Waals surface area contributed by atoms with Gasteiger partial charge < -0.3 is 0 Å². The monoisotopic (exact) mass is 267 g/mol. The number of likely N-dealkylation sites (tertiary alicyclic amines) is 1. The molecule has 1 atom stereocenters. The summed E-state index contributed by atoms with van der Waals surface area (Å²) in [6.07, 6.45) is 3.28. The van der Waals surface area contributed by atoms with Gasteiger partial charge in [0, 0.05) is 12.1 Å². The van der Waals surface area contributed by atoms with Gasteiger partial charge in [-0.25, -0.2) is 8.78 Å². The third-order valence-corrected chi connectivity index (χ3v) is 3.55. The van der Waals surface area contributed by atoms with Crippen LogP contribution in [0, 0.1) is 5.82 Å². The molecule has 0 aromatic heterocycles. The molecule has 2 nitrogen and oxygen atoms in total. The van der Waals surface area contributed by atoms with E-state index in [9.17, 15) is 13.6 Å². The van der Waals surface area contributed by atoms with Gasteiger partial charge in [-0.3, -0.25) is 9.69 Å². The van der Waals surface area contributed by atoms with E-state index in [0.717, 1.165) is 25.9 Å². The number of carbonyl (C=O) groups is 1. The summed E-state index contributed by atoms with van der Waals surface area (Å²) >= 11 is 0. The Labute approximate surface area is 112 Å². The third-order valence-electron chi connectivity index (χ3n) is 3.55. The molecule has 0 aliphatic carbocycles. The van der Waals surface area contributed by atoms with Crippen molar-refractivity contribution in [3.05, 3.63) is 35.6 Å². The summed E-state index contributed by atoms with van der Waals surface area (Å²) in [7, 11) is 0. The van der Waals surface area contributed by atoms with Crippen LogP contribution in [0.2, 0.25) is 0 Å². The Morgan fingerprint density at radius 2 is 1.79 bits per heavy atom. The fourth-order valence-corrected chi connectivity index (χ4v) is 2.51.